The van der Waals surface area contributed by atoms with E-state index in [9.17, 15) is 13.2 Å². The third-order valence-corrected chi connectivity index (χ3v) is 4.85. The summed E-state index contributed by atoms with van der Waals surface area (Å²) in [6.07, 6.45) is 0. The van der Waals surface area contributed by atoms with Crippen LogP contribution in [0.1, 0.15) is 15.9 Å². The van der Waals surface area contributed by atoms with E-state index in [2.05, 4.69) is 10.0 Å². The van der Waals surface area contributed by atoms with Crippen LogP contribution in [-0.2, 0) is 10.0 Å². The average molecular weight is 339 g/mol. The second-order valence-corrected chi connectivity index (χ2v) is 6.76. The Kier molecular flexibility index (Phi) is 4.73. The molecule has 0 aromatic heterocycles. The van der Waals surface area contributed by atoms with Gasteiger partial charge < -0.3 is 5.32 Å². The first-order valence-electron chi connectivity index (χ1n) is 6.44. The van der Waals surface area contributed by atoms with Crippen molar-refractivity contribution in [1.29, 1.82) is 0 Å². The first-order valence-corrected chi connectivity index (χ1v) is 8.31. The van der Waals surface area contributed by atoms with E-state index in [4.69, 9.17) is 11.6 Å². The van der Waals surface area contributed by atoms with Crippen molar-refractivity contribution in [2.24, 2.45) is 0 Å². The highest BCUT2D eigenvalue weighted by Crippen LogP contribution is 2.25. The molecule has 0 bridgehead atoms. The van der Waals surface area contributed by atoms with Crippen molar-refractivity contribution in [2.45, 2.75) is 11.8 Å². The van der Waals surface area contributed by atoms with Gasteiger partial charge in [0.15, 0.2) is 0 Å². The van der Waals surface area contributed by atoms with Crippen molar-refractivity contribution in [3.8, 4) is 0 Å². The number of hydrogen-bond acceptors (Lipinski definition) is 3. The van der Waals surface area contributed by atoms with Crippen LogP contribution in [0, 0.1) is 6.92 Å². The molecular weight excluding hydrogens is 324 g/mol. The molecule has 0 radical (unpaired) electrons. The van der Waals surface area contributed by atoms with Crippen molar-refractivity contribution in [3.63, 3.8) is 0 Å². The number of halogens is 1. The van der Waals surface area contributed by atoms with Crippen LogP contribution in [0.3, 0.4) is 0 Å². The Bertz CT molecular complexity index is 819. The van der Waals surface area contributed by atoms with Gasteiger partial charge in [0.25, 0.3) is 15.9 Å². The standard InChI is InChI=1S/C15H15ClN2O3S/c1-10-6-7-14(13(16)8-10)22(20,21)18-12-5-3-4-11(9-12)15(19)17-2/h3-9,18H,1-2H3,(H,17,19). The SMILES string of the molecule is CNC(=O)c1cccc(NS(=O)(=O)c2ccc(C)cc2Cl)c1. The molecule has 0 heterocycles. The number of amides is 1. The molecule has 116 valence electrons. The third kappa shape index (κ3) is 3.58. The molecule has 0 aliphatic carbocycles. The monoisotopic (exact) mass is 338 g/mol. The van der Waals surface area contributed by atoms with Gasteiger partial charge in [0, 0.05) is 18.3 Å². The molecule has 22 heavy (non-hydrogen) atoms. The Morgan fingerprint density at radius 2 is 1.86 bits per heavy atom. The molecule has 2 N–H and O–H groups in total. The molecule has 2 rings (SSSR count). The number of sulfonamides is 1. The largest absolute Gasteiger partial charge is 0.355 e. The number of hydrogen-bond donors (Lipinski definition) is 2. The van der Waals surface area contributed by atoms with Crippen LogP contribution in [0.2, 0.25) is 5.02 Å². The van der Waals surface area contributed by atoms with Crippen molar-refractivity contribution in [3.05, 3.63) is 58.6 Å². The molecule has 0 aliphatic heterocycles. The predicted octanol–water partition coefficient (Wildman–Crippen LogP) is 2.81. The summed E-state index contributed by atoms with van der Waals surface area (Å²) in [5.41, 5.74) is 1.51. The van der Waals surface area contributed by atoms with E-state index >= 15 is 0 Å². The van der Waals surface area contributed by atoms with E-state index in [0.29, 0.717) is 5.56 Å². The maximum absolute atomic E-state index is 12.4. The van der Waals surface area contributed by atoms with Gasteiger partial charge in [0.2, 0.25) is 0 Å². The molecule has 0 atom stereocenters. The molecule has 7 heteroatoms. The summed E-state index contributed by atoms with van der Waals surface area (Å²) in [6.45, 7) is 1.82. The number of rotatable bonds is 4. The molecule has 0 aliphatic rings. The molecule has 1 amide bonds. The number of aryl methyl sites for hydroxylation is 1. The van der Waals surface area contributed by atoms with E-state index in [1.54, 1.807) is 30.3 Å². The van der Waals surface area contributed by atoms with Crippen LogP contribution in [0.5, 0.6) is 0 Å². The molecule has 0 fully saturated rings. The Labute approximate surface area is 134 Å². The molecule has 0 saturated heterocycles. The molecule has 2 aromatic carbocycles. The lowest BCUT2D eigenvalue weighted by Gasteiger charge is -2.11. The Balaban J connectivity index is 2.35. The predicted molar refractivity (Wildman–Crippen MR) is 86.8 cm³/mol. The zero-order valence-electron chi connectivity index (χ0n) is 12.1. The zero-order valence-corrected chi connectivity index (χ0v) is 13.6. The molecular formula is C15H15ClN2O3S. The maximum atomic E-state index is 12.4. The van der Waals surface area contributed by atoms with Gasteiger partial charge in [-0.15, -0.1) is 0 Å². The number of nitrogens with one attached hydrogen (secondary N) is 2. The lowest BCUT2D eigenvalue weighted by Crippen LogP contribution is -2.18. The normalized spacial score (nSPS) is 11.0. The van der Waals surface area contributed by atoms with Gasteiger partial charge in [-0.3, -0.25) is 9.52 Å². The van der Waals surface area contributed by atoms with Gasteiger partial charge in [0.05, 0.1) is 5.02 Å². The molecule has 0 spiro atoms. The number of anilines is 1. The van der Waals surface area contributed by atoms with Crippen LogP contribution >= 0.6 is 11.6 Å². The highest BCUT2D eigenvalue weighted by Gasteiger charge is 2.18. The molecule has 0 unspecified atom stereocenters. The van der Waals surface area contributed by atoms with Gasteiger partial charge in [0.1, 0.15) is 4.90 Å². The van der Waals surface area contributed by atoms with Crippen LogP contribution in [0.15, 0.2) is 47.4 Å². The molecule has 0 saturated carbocycles. The summed E-state index contributed by atoms with van der Waals surface area (Å²) in [5, 5.41) is 2.63. The van der Waals surface area contributed by atoms with Gasteiger partial charge in [-0.05, 0) is 42.8 Å². The second kappa shape index (κ2) is 6.37. The van der Waals surface area contributed by atoms with Crippen LogP contribution in [0.4, 0.5) is 5.69 Å². The van der Waals surface area contributed by atoms with Crippen molar-refractivity contribution < 1.29 is 13.2 Å². The Hall–Kier alpha value is -2.05. The quantitative estimate of drug-likeness (QED) is 0.900. The zero-order chi connectivity index (χ0) is 16.3. The Morgan fingerprint density at radius 3 is 2.50 bits per heavy atom. The minimum absolute atomic E-state index is 0.00915. The topological polar surface area (TPSA) is 75.3 Å². The van der Waals surface area contributed by atoms with E-state index < -0.39 is 10.0 Å². The van der Waals surface area contributed by atoms with Crippen LogP contribution < -0.4 is 10.0 Å². The first-order chi connectivity index (χ1) is 10.3. The number of benzene rings is 2. The number of carbonyl (C=O) groups is 1. The summed E-state index contributed by atoms with van der Waals surface area (Å²) in [6, 6.07) is 10.9. The van der Waals surface area contributed by atoms with Gasteiger partial charge >= 0.3 is 0 Å². The van der Waals surface area contributed by atoms with Crippen LogP contribution in [0.25, 0.3) is 0 Å². The fourth-order valence-electron chi connectivity index (χ4n) is 1.90. The maximum Gasteiger partial charge on any atom is 0.263 e. The van der Waals surface area contributed by atoms with Gasteiger partial charge in [-0.2, -0.15) is 0 Å². The van der Waals surface area contributed by atoms with Crippen LogP contribution in [-0.4, -0.2) is 21.4 Å². The van der Waals surface area contributed by atoms with E-state index in [0.717, 1.165) is 5.56 Å². The first kappa shape index (κ1) is 16.3. The van der Waals surface area contributed by atoms with Gasteiger partial charge in [-0.1, -0.05) is 23.7 Å². The minimum Gasteiger partial charge on any atom is -0.355 e. The van der Waals surface area contributed by atoms with Crippen molar-refractivity contribution in [1.82, 2.24) is 5.32 Å². The summed E-state index contributed by atoms with van der Waals surface area (Å²) in [7, 11) is -2.32. The van der Waals surface area contributed by atoms with E-state index in [-0.39, 0.29) is 21.5 Å². The molecule has 2 aromatic rings. The summed E-state index contributed by atoms with van der Waals surface area (Å²) in [5.74, 6) is -0.297. The highest BCUT2D eigenvalue weighted by atomic mass is 35.5. The molecule has 5 nitrogen and oxygen atoms in total. The van der Waals surface area contributed by atoms with E-state index in [1.807, 2.05) is 6.92 Å². The average Bonchev–Trinajstić information content (AvgIpc) is 2.45. The third-order valence-electron chi connectivity index (χ3n) is 2.98. The fourth-order valence-corrected chi connectivity index (χ4v) is 3.55. The highest BCUT2D eigenvalue weighted by molar-refractivity contribution is 7.92. The van der Waals surface area contributed by atoms with Crippen molar-refractivity contribution >= 4 is 33.2 Å². The Morgan fingerprint density at radius 1 is 1.14 bits per heavy atom. The minimum atomic E-state index is -3.82. The lowest BCUT2D eigenvalue weighted by atomic mass is 10.2. The second-order valence-electron chi connectivity index (χ2n) is 4.70. The number of carbonyl (C=O) groups excluding carboxylic acids is 1. The lowest BCUT2D eigenvalue weighted by molar-refractivity contribution is 0.0963. The van der Waals surface area contributed by atoms with Gasteiger partial charge in [-0.25, -0.2) is 8.42 Å². The van der Waals surface area contributed by atoms with Crippen molar-refractivity contribution in [2.75, 3.05) is 11.8 Å². The smallest absolute Gasteiger partial charge is 0.263 e. The van der Waals surface area contributed by atoms with E-state index in [1.165, 1.54) is 19.2 Å². The summed E-state index contributed by atoms with van der Waals surface area (Å²) >= 11 is 6.00. The summed E-state index contributed by atoms with van der Waals surface area (Å²) < 4.78 is 27.2. The fraction of sp³-hybridized carbons (Fsp3) is 0.133. The summed E-state index contributed by atoms with van der Waals surface area (Å²) in [4.78, 5) is 11.6.